The third-order valence-electron chi connectivity index (χ3n) is 2.01. The van der Waals surface area contributed by atoms with Gasteiger partial charge in [0.25, 0.3) is 0 Å². The summed E-state index contributed by atoms with van der Waals surface area (Å²) in [5.41, 5.74) is 0.928. The maximum absolute atomic E-state index is 11.4. The number of amides is 1. The molecule has 5 heteroatoms. The largest absolute Gasteiger partial charge is 0.433 e. The van der Waals surface area contributed by atoms with Gasteiger partial charge in [-0.25, -0.2) is 4.79 Å². The Balaban J connectivity index is 2.69. The molecule has 0 saturated carbocycles. The molecule has 0 aliphatic heterocycles. The Morgan fingerprint density at radius 3 is 2.50 bits per heavy atom. The highest BCUT2D eigenvalue weighted by molar-refractivity contribution is 6.34. The third kappa shape index (κ3) is 4.75. The fourth-order valence-corrected chi connectivity index (χ4v) is 1.52. The van der Waals surface area contributed by atoms with Crippen molar-refractivity contribution in [1.82, 2.24) is 5.32 Å². The Labute approximate surface area is 112 Å². The van der Waals surface area contributed by atoms with E-state index in [1.165, 1.54) is 0 Å². The van der Waals surface area contributed by atoms with Gasteiger partial charge in [0.15, 0.2) is 0 Å². The second-order valence-corrected chi connectivity index (χ2v) is 5.32. The Kier molecular flexibility index (Phi) is 4.73. The average molecular weight is 269 g/mol. The van der Waals surface area contributed by atoms with Crippen molar-refractivity contribution in [2.75, 3.05) is 0 Å². The molecule has 0 heterocycles. The van der Waals surface area contributed by atoms with Crippen LogP contribution in [0.1, 0.15) is 33.3 Å². The van der Waals surface area contributed by atoms with E-state index in [2.05, 4.69) is 10.5 Å². The Morgan fingerprint density at radius 2 is 1.94 bits per heavy atom. The number of hydrogen-bond donors (Lipinski definition) is 1. The molecule has 18 heavy (non-hydrogen) atoms. The van der Waals surface area contributed by atoms with Crippen LogP contribution >= 0.6 is 11.6 Å². The minimum absolute atomic E-state index is 0.356. The molecule has 4 nitrogen and oxygen atoms in total. The van der Waals surface area contributed by atoms with Gasteiger partial charge in [-0.05, 0) is 33.8 Å². The maximum atomic E-state index is 11.4. The summed E-state index contributed by atoms with van der Waals surface area (Å²) in [5, 5.41) is 6.97. The summed E-state index contributed by atoms with van der Waals surface area (Å²) in [6, 6.07) is 7.24. The first-order chi connectivity index (χ1) is 8.29. The summed E-state index contributed by atoms with van der Waals surface area (Å²) >= 11 is 6.00. The van der Waals surface area contributed by atoms with Gasteiger partial charge in [-0.2, -0.15) is 0 Å². The first-order valence-corrected chi connectivity index (χ1v) is 5.96. The van der Waals surface area contributed by atoms with E-state index in [1.807, 2.05) is 39.0 Å². The van der Waals surface area contributed by atoms with Crippen LogP contribution in [0, 0.1) is 0 Å². The smallest absolute Gasteiger partial charge is 0.315 e. The zero-order chi connectivity index (χ0) is 13.8. The summed E-state index contributed by atoms with van der Waals surface area (Å²) in [7, 11) is 0. The van der Waals surface area contributed by atoms with Crippen LogP contribution in [-0.2, 0) is 4.84 Å². The van der Waals surface area contributed by atoms with E-state index in [0.717, 1.165) is 5.56 Å². The predicted octanol–water partition coefficient (Wildman–Crippen LogP) is 3.59. The molecule has 1 N–H and O–H groups in total. The van der Waals surface area contributed by atoms with Gasteiger partial charge >= 0.3 is 6.09 Å². The zero-order valence-corrected chi connectivity index (χ0v) is 11.7. The molecule has 1 amide bonds. The van der Waals surface area contributed by atoms with Gasteiger partial charge < -0.3 is 5.32 Å². The van der Waals surface area contributed by atoms with Crippen LogP contribution in [0.2, 0.25) is 5.02 Å². The van der Waals surface area contributed by atoms with Gasteiger partial charge in [0.1, 0.15) is 0 Å². The normalized spacial score (nSPS) is 12.2. The molecule has 0 saturated heterocycles. The number of nitrogens with zero attached hydrogens (tertiary/aromatic N) is 1. The van der Waals surface area contributed by atoms with Crippen molar-refractivity contribution in [2.24, 2.45) is 5.16 Å². The molecule has 0 fully saturated rings. The minimum Gasteiger partial charge on any atom is -0.315 e. The summed E-state index contributed by atoms with van der Waals surface area (Å²) in [4.78, 5) is 16.2. The quantitative estimate of drug-likeness (QED) is 0.506. The topological polar surface area (TPSA) is 50.7 Å². The minimum atomic E-state index is -0.589. The highest BCUT2D eigenvalue weighted by Gasteiger charge is 2.14. The molecular weight excluding hydrogens is 252 g/mol. The molecule has 0 radical (unpaired) electrons. The number of halogens is 1. The summed E-state index contributed by atoms with van der Waals surface area (Å²) < 4.78 is 0. The predicted molar refractivity (Wildman–Crippen MR) is 73.0 cm³/mol. The Morgan fingerprint density at radius 1 is 1.33 bits per heavy atom. The van der Waals surface area contributed by atoms with Crippen molar-refractivity contribution in [2.45, 2.75) is 33.2 Å². The van der Waals surface area contributed by atoms with E-state index in [9.17, 15) is 4.79 Å². The number of benzene rings is 1. The van der Waals surface area contributed by atoms with Crippen molar-refractivity contribution in [3.05, 3.63) is 34.9 Å². The lowest BCUT2D eigenvalue weighted by Crippen LogP contribution is -2.40. The van der Waals surface area contributed by atoms with Crippen LogP contribution in [-0.4, -0.2) is 17.3 Å². The van der Waals surface area contributed by atoms with Crippen molar-refractivity contribution in [3.63, 3.8) is 0 Å². The summed E-state index contributed by atoms with van der Waals surface area (Å²) in [5.74, 6) is 0. The number of nitrogens with one attached hydrogen (secondary N) is 1. The molecule has 1 aromatic carbocycles. The van der Waals surface area contributed by atoms with E-state index in [-0.39, 0.29) is 5.54 Å². The average Bonchev–Trinajstić information content (AvgIpc) is 2.24. The lowest BCUT2D eigenvalue weighted by Gasteiger charge is -2.18. The van der Waals surface area contributed by atoms with Crippen LogP contribution in [0.4, 0.5) is 4.79 Å². The fourth-order valence-electron chi connectivity index (χ4n) is 1.24. The van der Waals surface area contributed by atoms with Crippen molar-refractivity contribution >= 4 is 23.4 Å². The lowest BCUT2D eigenvalue weighted by atomic mass is 10.1. The second-order valence-electron chi connectivity index (χ2n) is 4.91. The molecule has 0 spiro atoms. The number of carbonyl (C=O) groups excluding carboxylic acids is 1. The highest BCUT2D eigenvalue weighted by atomic mass is 35.5. The van der Waals surface area contributed by atoms with Gasteiger partial charge in [0.05, 0.1) is 5.71 Å². The standard InChI is InChI=1S/C13H17ClN2O2/c1-9(10-7-5-6-8-11(10)14)16-18-12(17)15-13(2,3)4/h5-8H,1-4H3,(H,15,17)/b16-9+. The first kappa shape index (κ1) is 14.5. The van der Waals surface area contributed by atoms with Crippen LogP contribution in [0.5, 0.6) is 0 Å². The molecule has 0 aliphatic carbocycles. The van der Waals surface area contributed by atoms with Crippen LogP contribution in [0.3, 0.4) is 0 Å². The first-order valence-electron chi connectivity index (χ1n) is 5.58. The number of hydrogen-bond acceptors (Lipinski definition) is 3. The van der Waals surface area contributed by atoms with Crippen molar-refractivity contribution in [1.29, 1.82) is 0 Å². The van der Waals surface area contributed by atoms with E-state index >= 15 is 0 Å². The molecule has 0 aromatic heterocycles. The zero-order valence-electron chi connectivity index (χ0n) is 11.0. The number of oxime groups is 1. The van der Waals surface area contributed by atoms with Crippen molar-refractivity contribution < 1.29 is 9.63 Å². The monoisotopic (exact) mass is 268 g/mol. The Bertz CT molecular complexity index is 464. The second kappa shape index (κ2) is 5.87. The fraction of sp³-hybridized carbons (Fsp3) is 0.385. The highest BCUT2D eigenvalue weighted by Crippen LogP contribution is 2.15. The summed E-state index contributed by atoms with van der Waals surface area (Å²) in [6.07, 6.45) is -0.589. The van der Waals surface area contributed by atoms with Gasteiger partial charge in [0, 0.05) is 16.1 Å². The van der Waals surface area contributed by atoms with Crippen LogP contribution < -0.4 is 5.32 Å². The number of carbonyl (C=O) groups is 1. The van der Waals surface area contributed by atoms with E-state index in [4.69, 9.17) is 16.4 Å². The van der Waals surface area contributed by atoms with Gasteiger partial charge in [-0.1, -0.05) is 35.0 Å². The Hall–Kier alpha value is -1.55. The molecule has 0 aliphatic rings. The molecule has 98 valence electrons. The SMILES string of the molecule is C/C(=N\OC(=O)NC(C)(C)C)c1ccccc1Cl. The molecule has 1 aromatic rings. The van der Waals surface area contributed by atoms with Gasteiger partial charge in [-0.3, -0.25) is 4.84 Å². The molecule has 0 unspecified atom stereocenters. The van der Waals surface area contributed by atoms with E-state index in [0.29, 0.717) is 10.7 Å². The van der Waals surface area contributed by atoms with E-state index in [1.54, 1.807) is 13.0 Å². The van der Waals surface area contributed by atoms with E-state index < -0.39 is 6.09 Å². The van der Waals surface area contributed by atoms with Gasteiger partial charge in [-0.15, -0.1) is 0 Å². The van der Waals surface area contributed by atoms with Crippen LogP contribution in [0.25, 0.3) is 0 Å². The maximum Gasteiger partial charge on any atom is 0.433 e. The van der Waals surface area contributed by atoms with Crippen LogP contribution in [0.15, 0.2) is 29.4 Å². The molecule has 0 atom stereocenters. The van der Waals surface area contributed by atoms with Gasteiger partial charge in [0.2, 0.25) is 0 Å². The molecular formula is C13H17ClN2O2. The number of rotatable bonds is 2. The summed E-state index contributed by atoms with van der Waals surface area (Å²) in [6.45, 7) is 7.31. The molecule has 1 rings (SSSR count). The third-order valence-corrected chi connectivity index (χ3v) is 2.34. The molecule has 0 bridgehead atoms. The van der Waals surface area contributed by atoms with Crippen molar-refractivity contribution in [3.8, 4) is 0 Å². The lowest BCUT2D eigenvalue weighted by molar-refractivity contribution is 0.142.